The summed E-state index contributed by atoms with van der Waals surface area (Å²) in [6.07, 6.45) is 0.617. The molecule has 0 saturated carbocycles. The Labute approximate surface area is 86.6 Å². The van der Waals surface area contributed by atoms with Gasteiger partial charge >= 0.3 is 5.69 Å². The molecule has 0 N–H and O–H groups in total. The zero-order chi connectivity index (χ0) is 10.6. The molecule has 0 heterocycles. The number of halogens is 1. The molecule has 0 aliphatic carbocycles. The Morgan fingerprint density at radius 2 is 2.29 bits per heavy atom. The molecule has 0 unspecified atom stereocenters. The smallest absolute Gasteiger partial charge is 0.311 e. The van der Waals surface area contributed by atoms with Crippen molar-refractivity contribution in [1.82, 2.24) is 0 Å². The number of nitrogens with zero attached hydrogens (tertiary/aromatic N) is 1. The van der Waals surface area contributed by atoms with E-state index in [0.29, 0.717) is 12.3 Å². The summed E-state index contributed by atoms with van der Waals surface area (Å²) in [6.45, 7) is 0. The molecule has 0 fully saturated rings. The SMILES string of the molecule is COc1ccc(CCCl)cc1[N+](=O)[O-]. The van der Waals surface area contributed by atoms with E-state index in [9.17, 15) is 10.1 Å². The lowest BCUT2D eigenvalue weighted by molar-refractivity contribution is -0.385. The molecule has 0 bridgehead atoms. The molecule has 1 rings (SSSR count). The zero-order valence-electron chi connectivity index (χ0n) is 7.70. The summed E-state index contributed by atoms with van der Waals surface area (Å²) >= 11 is 5.54. The highest BCUT2D eigenvalue weighted by molar-refractivity contribution is 6.17. The van der Waals surface area contributed by atoms with Gasteiger partial charge in [-0.05, 0) is 18.1 Å². The fourth-order valence-corrected chi connectivity index (χ4v) is 1.36. The van der Waals surface area contributed by atoms with Crippen molar-refractivity contribution in [3.63, 3.8) is 0 Å². The van der Waals surface area contributed by atoms with Gasteiger partial charge in [-0.25, -0.2) is 0 Å². The van der Waals surface area contributed by atoms with Gasteiger partial charge in [-0.1, -0.05) is 6.07 Å². The molecule has 5 heteroatoms. The van der Waals surface area contributed by atoms with Gasteiger partial charge in [0.15, 0.2) is 5.75 Å². The predicted molar refractivity (Wildman–Crippen MR) is 54.1 cm³/mol. The average Bonchev–Trinajstić information content (AvgIpc) is 2.18. The van der Waals surface area contributed by atoms with Crippen LogP contribution in [-0.2, 0) is 6.42 Å². The van der Waals surface area contributed by atoms with E-state index >= 15 is 0 Å². The molecule has 0 spiro atoms. The highest BCUT2D eigenvalue weighted by Gasteiger charge is 2.14. The van der Waals surface area contributed by atoms with Crippen LogP contribution >= 0.6 is 11.6 Å². The highest BCUT2D eigenvalue weighted by Crippen LogP contribution is 2.27. The first-order valence-corrected chi connectivity index (χ1v) is 4.59. The standard InChI is InChI=1S/C9H10ClNO3/c1-14-9-3-2-7(4-5-10)6-8(9)11(12)13/h2-3,6H,4-5H2,1H3. The van der Waals surface area contributed by atoms with E-state index in [2.05, 4.69) is 0 Å². The number of benzene rings is 1. The minimum atomic E-state index is -0.462. The minimum Gasteiger partial charge on any atom is -0.490 e. The second-order valence-corrected chi connectivity index (χ2v) is 3.08. The lowest BCUT2D eigenvalue weighted by atomic mass is 10.1. The molecular formula is C9H10ClNO3. The van der Waals surface area contributed by atoms with Gasteiger partial charge in [0.25, 0.3) is 0 Å². The summed E-state index contributed by atoms with van der Waals surface area (Å²) in [5.74, 6) is 0.719. The van der Waals surface area contributed by atoms with E-state index in [1.54, 1.807) is 12.1 Å². The van der Waals surface area contributed by atoms with Gasteiger partial charge in [0.05, 0.1) is 12.0 Å². The van der Waals surface area contributed by atoms with Crippen LogP contribution in [0.25, 0.3) is 0 Å². The third-order valence-electron chi connectivity index (χ3n) is 1.82. The van der Waals surface area contributed by atoms with Crippen molar-refractivity contribution in [1.29, 1.82) is 0 Å². The summed E-state index contributed by atoms with van der Waals surface area (Å²) in [5.41, 5.74) is 0.822. The van der Waals surface area contributed by atoms with Crippen molar-refractivity contribution < 1.29 is 9.66 Å². The largest absolute Gasteiger partial charge is 0.490 e. The van der Waals surface area contributed by atoms with Crippen LogP contribution in [0.2, 0.25) is 0 Å². The lowest BCUT2D eigenvalue weighted by Crippen LogP contribution is -1.95. The number of nitro benzene ring substituents is 1. The molecule has 76 valence electrons. The van der Waals surface area contributed by atoms with Crippen molar-refractivity contribution >= 4 is 17.3 Å². The van der Waals surface area contributed by atoms with Crippen molar-refractivity contribution in [2.24, 2.45) is 0 Å². The summed E-state index contributed by atoms with van der Waals surface area (Å²) in [5, 5.41) is 10.6. The van der Waals surface area contributed by atoms with Gasteiger partial charge < -0.3 is 4.74 Å². The monoisotopic (exact) mass is 215 g/mol. The maximum atomic E-state index is 10.6. The first kappa shape index (κ1) is 10.8. The molecule has 4 nitrogen and oxygen atoms in total. The van der Waals surface area contributed by atoms with Gasteiger partial charge in [-0.2, -0.15) is 0 Å². The first-order chi connectivity index (χ1) is 6.69. The van der Waals surface area contributed by atoms with Gasteiger partial charge in [-0.3, -0.25) is 10.1 Å². The fourth-order valence-electron chi connectivity index (χ4n) is 1.14. The van der Waals surface area contributed by atoms with Crippen molar-refractivity contribution in [2.45, 2.75) is 6.42 Å². The maximum Gasteiger partial charge on any atom is 0.311 e. The van der Waals surface area contributed by atoms with Crippen molar-refractivity contribution in [3.8, 4) is 5.75 Å². The normalized spacial score (nSPS) is 9.86. The molecule has 14 heavy (non-hydrogen) atoms. The van der Waals surface area contributed by atoms with E-state index in [1.807, 2.05) is 0 Å². The molecule has 0 aromatic heterocycles. The number of ether oxygens (including phenoxy) is 1. The van der Waals surface area contributed by atoms with Gasteiger partial charge in [-0.15, -0.1) is 11.6 Å². The van der Waals surface area contributed by atoms with Crippen LogP contribution in [0, 0.1) is 10.1 Å². The molecule has 0 amide bonds. The number of aryl methyl sites for hydroxylation is 1. The van der Waals surface area contributed by atoms with Crippen LogP contribution < -0.4 is 4.74 Å². The summed E-state index contributed by atoms with van der Waals surface area (Å²) in [6, 6.07) is 4.84. The van der Waals surface area contributed by atoms with Crippen molar-refractivity contribution in [3.05, 3.63) is 33.9 Å². The highest BCUT2D eigenvalue weighted by atomic mass is 35.5. The number of methoxy groups -OCH3 is 1. The van der Waals surface area contributed by atoms with Crippen LogP contribution in [-0.4, -0.2) is 17.9 Å². The van der Waals surface area contributed by atoms with Gasteiger partial charge in [0, 0.05) is 11.9 Å². The number of hydrogen-bond donors (Lipinski definition) is 0. The van der Waals surface area contributed by atoms with E-state index in [1.165, 1.54) is 13.2 Å². The summed E-state index contributed by atoms with van der Waals surface area (Å²) < 4.78 is 4.87. The van der Waals surface area contributed by atoms with E-state index < -0.39 is 4.92 Å². The van der Waals surface area contributed by atoms with Crippen LogP contribution in [0.15, 0.2) is 18.2 Å². The van der Waals surface area contributed by atoms with Crippen molar-refractivity contribution in [2.75, 3.05) is 13.0 Å². The number of nitro groups is 1. The van der Waals surface area contributed by atoms with Gasteiger partial charge in [0.2, 0.25) is 0 Å². The Hall–Kier alpha value is -1.29. The number of rotatable bonds is 4. The maximum absolute atomic E-state index is 10.6. The minimum absolute atomic E-state index is 0.0184. The number of alkyl halides is 1. The van der Waals surface area contributed by atoms with Crippen LogP contribution in [0.4, 0.5) is 5.69 Å². The average molecular weight is 216 g/mol. The summed E-state index contributed by atoms with van der Waals surface area (Å²) in [7, 11) is 1.41. The number of hydrogen-bond acceptors (Lipinski definition) is 3. The molecule has 0 saturated heterocycles. The Balaban J connectivity index is 3.07. The zero-order valence-corrected chi connectivity index (χ0v) is 8.45. The third kappa shape index (κ3) is 2.35. The first-order valence-electron chi connectivity index (χ1n) is 4.06. The molecule has 0 aliphatic heterocycles. The predicted octanol–water partition coefficient (Wildman–Crippen LogP) is 2.38. The van der Waals surface area contributed by atoms with E-state index in [0.717, 1.165) is 5.56 Å². The molecule has 0 radical (unpaired) electrons. The molecule has 1 aromatic rings. The second-order valence-electron chi connectivity index (χ2n) is 2.70. The van der Waals surface area contributed by atoms with E-state index in [-0.39, 0.29) is 11.4 Å². The fraction of sp³-hybridized carbons (Fsp3) is 0.333. The Bertz CT molecular complexity index is 341. The Morgan fingerprint density at radius 3 is 2.79 bits per heavy atom. The van der Waals surface area contributed by atoms with Gasteiger partial charge in [0.1, 0.15) is 0 Å². The lowest BCUT2D eigenvalue weighted by Gasteiger charge is -2.03. The molecule has 1 aromatic carbocycles. The Kier molecular flexibility index (Phi) is 3.71. The Morgan fingerprint density at radius 1 is 1.57 bits per heavy atom. The van der Waals surface area contributed by atoms with Crippen LogP contribution in [0.1, 0.15) is 5.56 Å². The second kappa shape index (κ2) is 4.81. The quantitative estimate of drug-likeness (QED) is 0.440. The van der Waals surface area contributed by atoms with Crippen LogP contribution in [0.3, 0.4) is 0 Å². The topological polar surface area (TPSA) is 52.4 Å². The molecule has 0 aliphatic rings. The third-order valence-corrected chi connectivity index (χ3v) is 2.01. The molecule has 0 atom stereocenters. The van der Waals surface area contributed by atoms with E-state index in [4.69, 9.17) is 16.3 Å². The summed E-state index contributed by atoms with van der Waals surface area (Å²) in [4.78, 5) is 10.2. The van der Waals surface area contributed by atoms with Crippen LogP contribution in [0.5, 0.6) is 5.75 Å². The molecular weight excluding hydrogens is 206 g/mol.